The molecule has 1 unspecified atom stereocenters. The van der Waals surface area contributed by atoms with E-state index in [-0.39, 0.29) is 0 Å². The second-order valence-corrected chi connectivity index (χ2v) is 2.52. The molecule has 5 N–H and O–H groups in total. The summed E-state index contributed by atoms with van der Waals surface area (Å²) in [5.74, 6) is -11.7. The van der Waals surface area contributed by atoms with Gasteiger partial charge in [0.15, 0.2) is 0 Å². The molecule has 8 heteroatoms. The van der Waals surface area contributed by atoms with Crippen molar-refractivity contribution in [2.45, 2.75) is 12.2 Å². The molecule has 0 bridgehead atoms. The minimum absolute atomic E-state index is 1.20. The summed E-state index contributed by atoms with van der Waals surface area (Å²) in [6, 6.07) is 0. The normalized spacial score (nSPS) is 13.3. The third kappa shape index (κ3) is 2.68. The molecule has 0 spiro atoms. The van der Waals surface area contributed by atoms with E-state index in [0.29, 0.717) is 0 Å². The van der Waals surface area contributed by atoms with Crippen molar-refractivity contribution in [1.29, 1.82) is 0 Å². The molecule has 0 aliphatic heterocycles. The second kappa shape index (κ2) is 4.03. The van der Waals surface area contributed by atoms with Gasteiger partial charge in [-0.15, -0.1) is 0 Å². The van der Waals surface area contributed by atoms with Gasteiger partial charge in [0, 0.05) is 0 Å². The molecule has 8 nitrogen and oxygen atoms in total. The second-order valence-electron chi connectivity index (χ2n) is 2.52. The van der Waals surface area contributed by atoms with Crippen LogP contribution in [0.25, 0.3) is 0 Å². The predicted molar refractivity (Wildman–Crippen MR) is 38.2 cm³/mol. The number of rotatable bonds is 5. The van der Waals surface area contributed by atoms with Gasteiger partial charge in [0.25, 0.3) is 5.79 Å². The zero-order valence-corrected chi connectivity index (χ0v) is 6.75. The number of hydrogen-bond donors (Lipinski definition) is 5. The van der Waals surface area contributed by atoms with Gasteiger partial charge in [-0.1, -0.05) is 0 Å². The highest BCUT2D eigenvalue weighted by atomic mass is 16.5. The van der Waals surface area contributed by atoms with Gasteiger partial charge in [0.1, 0.15) is 5.92 Å². The maximum atomic E-state index is 10.3. The van der Waals surface area contributed by atoms with E-state index in [1.807, 2.05) is 0 Å². The smallest absolute Gasteiger partial charge is 0.364 e. The Hall–Kier alpha value is -1.67. The van der Waals surface area contributed by atoms with E-state index in [0.717, 1.165) is 0 Å². The van der Waals surface area contributed by atoms with Crippen LogP contribution < -0.4 is 0 Å². The molecule has 0 aliphatic carbocycles. The molecule has 0 amide bonds. The highest BCUT2D eigenvalue weighted by Gasteiger charge is 2.48. The minimum Gasteiger partial charge on any atom is -0.481 e. The summed E-state index contributed by atoms with van der Waals surface area (Å²) in [7, 11) is 0. The maximum absolute atomic E-state index is 10.3. The first-order valence-corrected chi connectivity index (χ1v) is 3.32. The Morgan fingerprint density at radius 2 is 1.50 bits per heavy atom. The number of carbonyl (C=O) groups is 3. The van der Waals surface area contributed by atoms with Crippen LogP contribution in [0.4, 0.5) is 0 Å². The van der Waals surface area contributed by atoms with Crippen LogP contribution >= 0.6 is 0 Å². The Morgan fingerprint density at radius 3 is 1.71 bits per heavy atom. The molecule has 14 heavy (non-hydrogen) atoms. The summed E-state index contributed by atoms with van der Waals surface area (Å²) in [6.45, 7) is 0. The van der Waals surface area contributed by atoms with Gasteiger partial charge in [0.05, 0.1) is 6.42 Å². The van der Waals surface area contributed by atoms with Gasteiger partial charge in [0.2, 0.25) is 0 Å². The quantitative estimate of drug-likeness (QED) is 0.323. The van der Waals surface area contributed by atoms with Gasteiger partial charge in [-0.05, 0) is 0 Å². The van der Waals surface area contributed by atoms with Crippen molar-refractivity contribution in [2.24, 2.45) is 5.92 Å². The first-order valence-electron chi connectivity index (χ1n) is 3.32. The van der Waals surface area contributed by atoms with Crippen molar-refractivity contribution in [3.8, 4) is 0 Å². The molecule has 0 rings (SSSR count). The fourth-order valence-corrected chi connectivity index (χ4v) is 0.725. The third-order valence-electron chi connectivity index (χ3n) is 1.48. The highest BCUT2D eigenvalue weighted by Crippen LogP contribution is 2.19. The van der Waals surface area contributed by atoms with Crippen LogP contribution in [0.15, 0.2) is 0 Å². The molecule has 0 aromatic heterocycles. The molecule has 0 radical (unpaired) electrons. The first-order chi connectivity index (χ1) is 6.19. The number of carboxylic acids is 3. The SMILES string of the molecule is O=C(O)CC(C(=O)O)C(O)(O)C(=O)O. The number of aliphatic hydroxyl groups is 2. The molecule has 0 heterocycles. The summed E-state index contributed by atoms with van der Waals surface area (Å²) in [4.78, 5) is 30.6. The van der Waals surface area contributed by atoms with Crippen LogP contribution in [0.3, 0.4) is 0 Å². The van der Waals surface area contributed by atoms with Crippen LogP contribution in [-0.2, 0) is 14.4 Å². The van der Waals surface area contributed by atoms with Crippen LogP contribution in [0.2, 0.25) is 0 Å². The molecule has 0 aromatic rings. The van der Waals surface area contributed by atoms with Crippen LogP contribution in [-0.4, -0.2) is 49.2 Å². The highest BCUT2D eigenvalue weighted by molar-refractivity contribution is 5.86. The standard InChI is InChI=1S/C6H8O8/c7-3(8)1-2(4(9)10)6(13,14)5(11)12/h2,13-14H,1H2,(H,7,8)(H,9,10)(H,11,12). The van der Waals surface area contributed by atoms with E-state index in [4.69, 9.17) is 25.5 Å². The molecule has 0 aromatic carbocycles. The molecular weight excluding hydrogens is 200 g/mol. The van der Waals surface area contributed by atoms with E-state index in [1.54, 1.807) is 0 Å². The van der Waals surface area contributed by atoms with Gasteiger partial charge in [-0.3, -0.25) is 9.59 Å². The monoisotopic (exact) mass is 208 g/mol. The molecule has 1 atom stereocenters. The van der Waals surface area contributed by atoms with E-state index in [2.05, 4.69) is 0 Å². The molecular formula is C6H8O8. The largest absolute Gasteiger partial charge is 0.481 e. The molecule has 0 saturated heterocycles. The number of aliphatic carboxylic acids is 3. The van der Waals surface area contributed by atoms with Gasteiger partial charge >= 0.3 is 17.9 Å². The summed E-state index contributed by atoms with van der Waals surface area (Å²) in [6.07, 6.45) is -1.20. The van der Waals surface area contributed by atoms with E-state index in [1.165, 1.54) is 0 Å². The average Bonchev–Trinajstić information content (AvgIpc) is 1.98. The van der Waals surface area contributed by atoms with Crippen molar-refractivity contribution >= 4 is 17.9 Å². The Balaban J connectivity index is 4.91. The van der Waals surface area contributed by atoms with Crippen molar-refractivity contribution < 1.29 is 39.9 Å². The molecule has 0 aliphatic rings. The van der Waals surface area contributed by atoms with Gasteiger partial charge in [-0.25, -0.2) is 4.79 Å². The summed E-state index contributed by atoms with van der Waals surface area (Å²) < 4.78 is 0. The van der Waals surface area contributed by atoms with Crippen molar-refractivity contribution in [3.05, 3.63) is 0 Å². The topological polar surface area (TPSA) is 152 Å². The zero-order chi connectivity index (χ0) is 11.5. The Morgan fingerprint density at radius 1 is 1.07 bits per heavy atom. The lowest BCUT2D eigenvalue weighted by Gasteiger charge is -2.22. The van der Waals surface area contributed by atoms with Crippen molar-refractivity contribution in [3.63, 3.8) is 0 Å². The van der Waals surface area contributed by atoms with Crippen LogP contribution in [0.1, 0.15) is 6.42 Å². The van der Waals surface area contributed by atoms with E-state index in [9.17, 15) is 14.4 Å². The lowest BCUT2D eigenvalue weighted by molar-refractivity contribution is -0.227. The van der Waals surface area contributed by atoms with Gasteiger partial charge < -0.3 is 25.5 Å². The number of hydrogen-bond acceptors (Lipinski definition) is 5. The minimum atomic E-state index is -3.59. The fourth-order valence-electron chi connectivity index (χ4n) is 0.725. The lowest BCUT2D eigenvalue weighted by atomic mass is 9.95. The average molecular weight is 208 g/mol. The zero-order valence-electron chi connectivity index (χ0n) is 6.75. The lowest BCUT2D eigenvalue weighted by Crippen LogP contribution is -2.49. The summed E-state index contributed by atoms with van der Waals surface area (Å²) >= 11 is 0. The Bertz CT molecular complexity index is 267. The summed E-state index contributed by atoms with van der Waals surface area (Å²) in [5, 5.41) is 42.3. The Labute approximate surface area is 77.0 Å². The predicted octanol–water partition coefficient (Wildman–Crippen LogP) is -2.07. The van der Waals surface area contributed by atoms with Crippen molar-refractivity contribution in [1.82, 2.24) is 0 Å². The maximum Gasteiger partial charge on any atom is 0.364 e. The van der Waals surface area contributed by atoms with Crippen molar-refractivity contribution in [2.75, 3.05) is 0 Å². The van der Waals surface area contributed by atoms with Crippen LogP contribution in [0, 0.1) is 5.92 Å². The van der Waals surface area contributed by atoms with Crippen LogP contribution in [0.5, 0.6) is 0 Å². The van der Waals surface area contributed by atoms with E-state index < -0.39 is 36.0 Å². The van der Waals surface area contributed by atoms with E-state index >= 15 is 0 Å². The fraction of sp³-hybridized carbons (Fsp3) is 0.500. The van der Waals surface area contributed by atoms with Gasteiger partial charge in [-0.2, -0.15) is 0 Å². The molecule has 0 fully saturated rings. The Kier molecular flexibility index (Phi) is 3.55. The molecule has 0 saturated carbocycles. The summed E-state index contributed by atoms with van der Waals surface area (Å²) in [5.41, 5.74) is 0. The third-order valence-corrected chi connectivity index (χ3v) is 1.48. The first kappa shape index (κ1) is 12.3. The number of carboxylic acid groups (broad SMARTS) is 3. The molecule has 80 valence electrons.